The van der Waals surface area contributed by atoms with Crippen molar-refractivity contribution in [3.05, 3.63) is 0 Å². The summed E-state index contributed by atoms with van der Waals surface area (Å²) in [5, 5.41) is 0. The first-order valence-electron chi connectivity index (χ1n) is 7.07. The maximum absolute atomic E-state index is 12.4. The second kappa shape index (κ2) is 5.30. The molecule has 1 unspecified atom stereocenters. The van der Waals surface area contributed by atoms with E-state index in [1.807, 2.05) is 27.7 Å². The summed E-state index contributed by atoms with van der Waals surface area (Å²) in [6.07, 6.45) is 0. The van der Waals surface area contributed by atoms with E-state index in [1.165, 1.54) is 0 Å². The monoisotopic (exact) mass is 255 g/mol. The molecule has 0 saturated carbocycles. The Bertz CT molecular complexity index is 308. The normalized spacial score (nSPS) is 26.3. The molecule has 106 valence electrons. The molecule has 0 aromatic rings. The number of rotatable bonds is 5. The summed E-state index contributed by atoms with van der Waals surface area (Å²) < 4.78 is 5.94. The van der Waals surface area contributed by atoms with E-state index >= 15 is 0 Å². The Hall–Kier alpha value is -0.410. The maximum Gasteiger partial charge on any atom is 0.171 e. The third kappa shape index (κ3) is 3.33. The molecule has 0 radical (unpaired) electrons. The van der Waals surface area contributed by atoms with Gasteiger partial charge in [-0.3, -0.25) is 4.79 Å². The van der Waals surface area contributed by atoms with Gasteiger partial charge in [-0.05, 0) is 40.2 Å². The predicted molar refractivity (Wildman–Crippen MR) is 74.7 cm³/mol. The van der Waals surface area contributed by atoms with Crippen LogP contribution in [0.25, 0.3) is 0 Å². The van der Waals surface area contributed by atoms with Gasteiger partial charge in [0, 0.05) is 13.1 Å². The van der Waals surface area contributed by atoms with Gasteiger partial charge in [-0.2, -0.15) is 0 Å². The van der Waals surface area contributed by atoms with Gasteiger partial charge < -0.3 is 9.64 Å². The van der Waals surface area contributed by atoms with Crippen LogP contribution in [0.2, 0.25) is 0 Å². The largest absolute Gasteiger partial charge is 0.361 e. The summed E-state index contributed by atoms with van der Waals surface area (Å²) in [4.78, 5) is 14.8. The molecule has 0 spiro atoms. The Morgan fingerprint density at radius 3 is 2.17 bits per heavy atom. The van der Waals surface area contributed by atoms with Crippen molar-refractivity contribution in [1.82, 2.24) is 4.90 Å². The first-order valence-corrected chi connectivity index (χ1v) is 7.07. The van der Waals surface area contributed by atoms with Gasteiger partial charge in [0.05, 0.1) is 11.5 Å². The summed E-state index contributed by atoms with van der Waals surface area (Å²) in [5.74, 6) is 0.847. The number of Topliss-reactive ketones (excluding diaryl/α,β-unsaturated/α-hetero) is 1. The lowest BCUT2D eigenvalue weighted by atomic mass is 9.85. The SMILES string of the molecule is CCN(CC(C)C)CC1C(=O)C(C)(C)OC1(C)C. The van der Waals surface area contributed by atoms with Crippen LogP contribution in [0.15, 0.2) is 0 Å². The van der Waals surface area contributed by atoms with Gasteiger partial charge in [0.2, 0.25) is 0 Å². The summed E-state index contributed by atoms with van der Waals surface area (Å²) in [6.45, 7) is 17.3. The van der Waals surface area contributed by atoms with E-state index in [4.69, 9.17) is 4.74 Å². The van der Waals surface area contributed by atoms with E-state index in [1.54, 1.807) is 0 Å². The highest BCUT2D eigenvalue weighted by atomic mass is 16.5. The fourth-order valence-corrected chi connectivity index (χ4v) is 2.92. The fraction of sp³-hybridized carbons (Fsp3) is 0.933. The number of hydrogen-bond donors (Lipinski definition) is 0. The van der Waals surface area contributed by atoms with Gasteiger partial charge in [-0.1, -0.05) is 20.8 Å². The van der Waals surface area contributed by atoms with Crippen LogP contribution in [-0.2, 0) is 9.53 Å². The number of carbonyl (C=O) groups excluding carboxylic acids is 1. The van der Waals surface area contributed by atoms with E-state index < -0.39 is 5.60 Å². The lowest BCUT2D eigenvalue weighted by Gasteiger charge is -2.31. The molecule has 18 heavy (non-hydrogen) atoms. The van der Waals surface area contributed by atoms with Crippen molar-refractivity contribution in [2.24, 2.45) is 11.8 Å². The van der Waals surface area contributed by atoms with E-state index in [-0.39, 0.29) is 17.3 Å². The average molecular weight is 255 g/mol. The van der Waals surface area contributed by atoms with Crippen LogP contribution in [0.5, 0.6) is 0 Å². The van der Waals surface area contributed by atoms with Crippen LogP contribution < -0.4 is 0 Å². The Morgan fingerprint density at radius 2 is 1.83 bits per heavy atom. The van der Waals surface area contributed by atoms with Crippen LogP contribution in [0.4, 0.5) is 0 Å². The number of ether oxygens (including phenoxy) is 1. The zero-order valence-electron chi connectivity index (χ0n) is 13.0. The lowest BCUT2D eigenvalue weighted by molar-refractivity contribution is -0.132. The van der Waals surface area contributed by atoms with Crippen molar-refractivity contribution in [2.75, 3.05) is 19.6 Å². The van der Waals surface area contributed by atoms with Crippen LogP contribution in [0, 0.1) is 11.8 Å². The minimum atomic E-state index is -0.634. The predicted octanol–water partition coefficient (Wildman–Crippen LogP) is 2.74. The van der Waals surface area contributed by atoms with E-state index in [2.05, 4.69) is 25.7 Å². The number of carbonyl (C=O) groups is 1. The molecular weight excluding hydrogens is 226 g/mol. The first kappa shape index (κ1) is 15.6. The molecule has 3 heteroatoms. The second-order valence-electron chi connectivity index (χ2n) is 6.88. The standard InChI is InChI=1S/C15H29NO2/c1-8-16(9-11(2)3)10-12-13(17)15(6,7)18-14(12,4)5/h11-12H,8-10H2,1-7H3. The highest BCUT2D eigenvalue weighted by Gasteiger charge is 2.53. The van der Waals surface area contributed by atoms with Gasteiger partial charge in [-0.25, -0.2) is 0 Å². The molecule has 0 aromatic heterocycles. The molecule has 1 atom stereocenters. The first-order chi connectivity index (χ1) is 8.10. The van der Waals surface area contributed by atoms with Crippen LogP contribution in [0.3, 0.4) is 0 Å². The van der Waals surface area contributed by atoms with E-state index in [0.29, 0.717) is 5.92 Å². The molecule has 0 aromatic carbocycles. The zero-order chi connectivity index (χ0) is 14.1. The van der Waals surface area contributed by atoms with Crippen molar-refractivity contribution in [2.45, 2.75) is 59.7 Å². The second-order valence-corrected chi connectivity index (χ2v) is 6.88. The molecular formula is C15H29NO2. The molecule has 0 N–H and O–H groups in total. The molecule has 3 nitrogen and oxygen atoms in total. The van der Waals surface area contributed by atoms with Gasteiger partial charge in [0.15, 0.2) is 5.78 Å². The van der Waals surface area contributed by atoms with Crippen molar-refractivity contribution in [3.63, 3.8) is 0 Å². The smallest absolute Gasteiger partial charge is 0.171 e. The van der Waals surface area contributed by atoms with Gasteiger partial charge >= 0.3 is 0 Å². The molecule has 1 saturated heterocycles. The molecule has 0 aliphatic carbocycles. The van der Waals surface area contributed by atoms with Gasteiger partial charge in [0.25, 0.3) is 0 Å². The quantitative estimate of drug-likeness (QED) is 0.756. The minimum absolute atomic E-state index is 0.0220. The Labute approximate surface area is 112 Å². The van der Waals surface area contributed by atoms with Crippen molar-refractivity contribution in [3.8, 4) is 0 Å². The molecule has 1 aliphatic rings. The van der Waals surface area contributed by atoms with Crippen molar-refractivity contribution in [1.29, 1.82) is 0 Å². The summed E-state index contributed by atoms with van der Waals surface area (Å²) in [7, 11) is 0. The van der Waals surface area contributed by atoms with Crippen molar-refractivity contribution < 1.29 is 9.53 Å². The number of ketones is 1. The maximum atomic E-state index is 12.4. The van der Waals surface area contributed by atoms with Crippen LogP contribution in [0.1, 0.15) is 48.5 Å². The van der Waals surface area contributed by atoms with Gasteiger partial charge in [-0.15, -0.1) is 0 Å². The Morgan fingerprint density at radius 1 is 1.28 bits per heavy atom. The highest BCUT2D eigenvalue weighted by Crippen LogP contribution is 2.39. The number of hydrogen-bond acceptors (Lipinski definition) is 3. The molecule has 0 bridgehead atoms. The van der Waals surface area contributed by atoms with Gasteiger partial charge in [0.1, 0.15) is 5.60 Å². The lowest BCUT2D eigenvalue weighted by Crippen LogP contribution is -2.42. The molecule has 1 aliphatic heterocycles. The van der Waals surface area contributed by atoms with E-state index in [0.717, 1.165) is 19.6 Å². The summed E-state index contributed by atoms with van der Waals surface area (Å²) in [6, 6.07) is 0. The van der Waals surface area contributed by atoms with Crippen LogP contribution in [-0.4, -0.2) is 41.5 Å². The fourth-order valence-electron chi connectivity index (χ4n) is 2.92. The third-order valence-electron chi connectivity index (χ3n) is 3.78. The minimum Gasteiger partial charge on any atom is -0.361 e. The highest BCUT2D eigenvalue weighted by molar-refractivity contribution is 5.91. The summed E-state index contributed by atoms with van der Waals surface area (Å²) in [5.41, 5.74) is -0.990. The molecule has 1 heterocycles. The van der Waals surface area contributed by atoms with Crippen molar-refractivity contribution >= 4 is 5.78 Å². The molecule has 1 fully saturated rings. The Balaban J connectivity index is 2.79. The van der Waals surface area contributed by atoms with E-state index in [9.17, 15) is 4.79 Å². The zero-order valence-corrected chi connectivity index (χ0v) is 13.0. The molecule has 1 rings (SSSR count). The Kier molecular flexibility index (Phi) is 4.60. The molecule has 0 amide bonds. The summed E-state index contributed by atoms with van der Waals surface area (Å²) >= 11 is 0. The third-order valence-corrected chi connectivity index (χ3v) is 3.78. The van der Waals surface area contributed by atoms with Crippen LogP contribution >= 0.6 is 0 Å². The topological polar surface area (TPSA) is 29.5 Å². The average Bonchev–Trinajstić information content (AvgIpc) is 2.34. The number of nitrogens with zero attached hydrogens (tertiary/aromatic N) is 1.